The van der Waals surface area contributed by atoms with E-state index in [4.69, 9.17) is 10.5 Å². The molecule has 13 heavy (non-hydrogen) atoms. The van der Waals surface area contributed by atoms with Crippen LogP contribution in [0.1, 0.15) is 0 Å². The molecule has 0 aliphatic carbocycles. The van der Waals surface area contributed by atoms with E-state index in [2.05, 4.69) is 0 Å². The Labute approximate surface area is 79.4 Å². The number of ether oxygens (including phenoxy) is 1. The summed E-state index contributed by atoms with van der Waals surface area (Å²) in [5.41, 5.74) is 6.39. The lowest BCUT2D eigenvalue weighted by Crippen LogP contribution is -1.84. The summed E-state index contributed by atoms with van der Waals surface area (Å²) in [4.78, 5) is 0. The van der Waals surface area contributed by atoms with Gasteiger partial charge < -0.3 is 15.6 Å². The van der Waals surface area contributed by atoms with Crippen molar-refractivity contribution in [1.29, 1.82) is 0 Å². The molecule has 3 N–H and O–H groups in total. The zero-order valence-electron chi connectivity index (χ0n) is 7.07. The van der Waals surface area contributed by atoms with E-state index in [1.165, 1.54) is 18.4 Å². The summed E-state index contributed by atoms with van der Waals surface area (Å²) in [5.74, 6) is 0.606. The lowest BCUT2D eigenvalue weighted by molar-refractivity contribution is 0.374. The van der Waals surface area contributed by atoms with E-state index in [9.17, 15) is 5.11 Å². The molecule has 2 rings (SSSR count). The Kier molecular flexibility index (Phi) is 1.77. The molecule has 0 radical (unpaired) electrons. The van der Waals surface area contributed by atoms with E-state index < -0.39 is 0 Å². The van der Waals surface area contributed by atoms with Crippen LogP contribution < -0.4 is 10.5 Å². The quantitative estimate of drug-likeness (QED) is 0.733. The minimum Gasteiger partial charge on any atom is -0.504 e. The number of nitrogens with two attached hydrogens (primary N) is 1. The van der Waals surface area contributed by atoms with Crippen LogP contribution >= 0.6 is 11.3 Å². The fraction of sp³-hybridized carbons (Fsp3) is 0.111. The Hall–Kier alpha value is -1.42. The first-order valence-electron chi connectivity index (χ1n) is 3.76. The third kappa shape index (κ3) is 1.19. The monoisotopic (exact) mass is 195 g/mol. The zero-order valence-corrected chi connectivity index (χ0v) is 7.89. The smallest absolute Gasteiger partial charge is 0.161 e. The van der Waals surface area contributed by atoms with Gasteiger partial charge in [-0.1, -0.05) is 0 Å². The Balaban J connectivity index is 2.76. The number of methoxy groups -OCH3 is 1. The number of thiophene rings is 1. The Bertz CT molecular complexity index is 450. The van der Waals surface area contributed by atoms with E-state index in [0.717, 1.165) is 10.1 Å². The summed E-state index contributed by atoms with van der Waals surface area (Å²) in [6.45, 7) is 0. The summed E-state index contributed by atoms with van der Waals surface area (Å²) < 4.78 is 6.00. The molecule has 0 aliphatic rings. The second kappa shape index (κ2) is 2.81. The number of fused-ring (bicyclic) bond motifs is 1. The first kappa shape index (κ1) is 8.19. The molecular formula is C9H9NO2S. The molecule has 0 aliphatic heterocycles. The maximum atomic E-state index is 9.48. The summed E-state index contributed by atoms with van der Waals surface area (Å²) in [6.07, 6.45) is 0. The van der Waals surface area contributed by atoms with Crippen LogP contribution in [-0.2, 0) is 0 Å². The normalized spacial score (nSPS) is 10.5. The summed E-state index contributed by atoms with van der Waals surface area (Å²) in [7, 11) is 1.53. The third-order valence-electron chi connectivity index (χ3n) is 1.90. The van der Waals surface area contributed by atoms with Crippen molar-refractivity contribution in [3.8, 4) is 11.5 Å². The Morgan fingerprint density at radius 2 is 2.23 bits per heavy atom. The minimum atomic E-state index is 0.125. The lowest BCUT2D eigenvalue weighted by atomic mass is 10.2. The molecule has 1 aromatic heterocycles. The number of hydrogen-bond donors (Lipinski definition) is 2. The van der Waals surface area contributed by atoms with Crippen LogP contribution in [0.4, 0.5) is 5.69 Å². The van der Waals surface area contributed by atoms with Crippen LogP contribution in [0.2, 0.25) is 0 Å². The SMILES string of the molecule is COc1cc2scc(N)c2cc1O. The molecule has 2 aromatic rings. The van der Waals surface area contributed by atoms with E-state index in [0.29, 0.717) is 11.4 Å². The largest absolute Gasteiger partial charge is 0.504 e. The molecule has 68 valence electrons. The van der Waals surface area contributed by atoms with Crippen LogP contribution in [0.3, 0.4) is 0 Å². The highest BCUT2D eigenvalue weighted by molar-refractivity contribution is 7.17. The molecule has 0 saturated heterocycles. The molecule has 4 heteroatoms. The highest BCUT2D eigenvalue weighted by Crippen LogP contribution is 2.36. The first-order chi connectivity index (χ1) is 6.22. The Morgan fingerprint density at radius 3 is 2.92 bits per heavy atom. The van der Waals surface area contributed by atoms with Crippen LogP contribution in [0.15, 0.2) is 17.5 Å². The van der Waals surface area contributed by atoms with Crippen molar-refractivity contribution in [2.75, 3.05) is 12.8 Å². The Morgan fingerprint density at radius 1 is 1.46 bits per heavy atom. The zero-order chi connectivity index (χ0) is 9.42. The molecule has 0 saturated carbocycles. The first-order valence-corrected chi connectivity index (χ1v) is 4.64. The van der Waals surface area contributed by atoms with Crippen molar-refractivity contribution in [3.05, 3.63) is 17.5 Å². The van der Waals surface area contributed by atoms with Crippen LogP contribution in [0.25, 0.3) is 10.1 Å². The number of benzene rings is 1. The number of hydrogen-bond acceptors (Lipinski definition) is 4. The van der Waals surface area contributed by atoms with Crippen LogP contribution in [0.5, 0.6) is 11.5 Å². The van der Waals surface area contributed by atoms with E-state index in [1.54, 1.807) is 12.1 Å². The molecule has 1 heterocycles. The van der Waals surface area contributed by atoms with Gasteiger partial charge in [0.15, 0.2) is 11.5 Å². The van der Waals surface area contributed by atoms with Gasteiger partial charge in [-0.3, -0.25) is 0 Å². The molecule has 0 unspecified atom stereocenters. The third-order valence-corrected chi connectivity index (χ3v) is 2.87. The molecule has 0 fully saturated rings. The van der Waals surface area contributed by atoms with Gasteiger partial charge in [0.05, 0.1) is 12.8 Å². The molecule has 0 atom stereocenters. The van der Waals surface area contributed by atoms with Crippen LogP contribution in [-0.4, -0.2) is 12.2 Å². The second-order valence-corrected chi connectivity index (χ2v) is 3.62. The van der Waals surface area contributed by atoms with E-state index >= 15 is 0 Å². The lowest BCUT2D eigenvalue weighted by Gasteiger charge is -2.02. The molecule has 0 bridgehead atoms. The second-order valence-electron chi connectivity index (χ2n) is 2.71. The predicted molar refractivity (Wildman–Crippen MR) is 54.5 cm³/mol. The molecule has 3 nitrogen and oxygen atoms in total. The molecule has 0 amide bonds. The van der Waals surface area contributed by atoms with Crippen molar-refractivity contribution >= 4 is 27.1 Å². The van der Waals surface area contributed by atoms with Crippen LogP contribution in [0, 0.1) is 0 Å². The topological polar surface area (TPSA) is 55.5 Å². The van der Waals surface area contributed by atoms with Gasteiger partial charge in [0.25, 0.3) is 0 Å². The molecule has 1 aromatic carbocycles. The van der Waals surface area contributed by atoms with Crippen molar-refractivity contribution < 1.29 is 9.84 Å². The van der Waals surface area contributed by atoms with Gasteiger partial charge >= 0.3 is 0 Å². The van der Waals surface area contributed by atoms with Crippen molar-refractivity contribution in [1.82, 2.24) is 0 Å². The van der Waals surface area contributed by atoms with Crippen molar-refractivity contribution in [2.24, 2.45) is 0 Å². The van der Waals surface area contributed by atoms with Gasteiger partial charge in [0, 0.05) is 21.5 Å². The number of anilines is 1. The summed E-state index contributed by atoms with van der Waals surface area (Å²) in [6, 6.07) is 3.41. The van der Waals surface area contributed by atoms with E-state index in [1.807, 2.05) is 5.38 Å². The fourth-order valence-electron chi connectivity index (χ4n) is 1.23. The number of aromatic hydroxyl groups is 1. The fourth-order valence-corrected chi connectivity index (χ4v) is 2.09. The van der Waals surface area contributed by atoms with Crippen molar-refractivity contribution in [2.45, 2.75) is 0 Å². The summed E-state index contributed by atoms with van der Waals surface area (Å²) >= 11 is 1.54. The summed E-state index contributed by atoms with van der Waals surface area (Å²) in [5, 5.41) is 12.2. The van der Waals surface area contributed by atoms with Gasteiger partial charge in [-0.15, -0.1) is 11.3 Å². The van der Waals surface area contributed by atoms with Gasteiger partial charge in [0.1, 0.15) is 0 Å². The average molecular weight is 195 g/mol. The number of phenolic OH excluding ortho intramolecular Hbond substituents is 1. The molecule has 0 spiro atoms. The van der Waals surface area contributed by atoms with Crippen molar-refractivity contribution in [3.63, 3.8) is 0 Å². The van der Waals surface area contributed by atoms with Gasteiger partial charge in [-0.25, -0.2) is 0 Å². The average Bonchev–Trinajstić information content (AvgIpc) is 2.47. The maximum Gasteiger partial charge on any atom is 0.161 e. The molecular weight excluding hydrogens is 186 g/mol. The van der Waals surface area contributed by atoms with Gasteiger partial charge in [-0.05, 0) is 6.07 Å². The number of rotatable bonds is 1. The highest BCUT2D eigenvalue weighted by atomic mass is 32.1. The van der Waals surface area contributed by atoms with Gasteiger partial charge in [0.2, 0.25) is 0 Å². The van der Waals surface area contributed by atoms with E-state index in [-0.39, 0.29) is 5.75 Å². The number of phenols is 1. The standard InChI is InChI=1S/C9H9NO2S/c1-12-8-3-9-5(2-7(8)11)6(10)4-13-9/h2-4,11H,10H2,1H3. The highest BCUT2D eigenvalue weighted by Gasteiger charge is 2.07. The number of nitrogen functional groups attached to an aromatic ring is 1. The maximum absolute atomic E-state index is 9.48. The predicted octanol–water partition coefficient (Wildman–Crippen LogP) is 2.20. The minimum absolute atomic E-state index is 0.125. The van der Waals surface area contributed by atoms with Gasteiger partial charge in [-0.2, -0.15) is 0 Å².